The Bertz CT molecular complexity index is 1420. The van der Waals surface area contributed by atoms with Crippen molar-refractivity contribution in [2.24, 2.45) is 7.05 Å². The fourth-order valence-corrected chi connectivity index (χ4v) is 4.91. The van der Waals surface area contributed by atoms with Gasteiger partial charge in [-0.05, 0) is 43.7 Å². The normalized spacial score (nSPS) is 17.0. The molecule has 1 saturated heterocycles. The maximum absolute atomic E-state index is 14.1. The fourth-order valence-electron chi connectivity index (χ4n) is 4.91. The van der Waals surface area contributed by atoms with Crippen LogP contribution in [0, 0.1) is 18.6 Å². The van der Waals surface area contributed by atoms with Crippen molar-refractivity contribution in [1.29, 1.82) is 0 Å². The zero-order valence-electron chi connectivity index (χ0n) is 21.4. The van der Waals surface area contributed by atoms with E-state index >= 15 is 0 Å². The first-order chi connectivity index (χ1) is 18.3. The van der Waals surface area contributed by atoms with Crippen LogP contribution in [0.5, 0.6) is 5.88 Å². The van der Waals surface area contributed by atoms with Gasteiger partial charge in [-0.1, -0.05) is 18.2 Å². The molecule has 3 heterocycles. The van der Waals surface area contributed by atoms with Crippen molar-refractivity contribution in [3.8, 4) is 11.6 Å². The topological polar surface area (TPSA) is 89.2 Å². The number of nitrogens with zero attached hydrogens (tertiary/aromatic N) is 5. The van der Waals surface area contributed by atoms with Crippen LogP contribution in [0.15, 0.2) is 60.8 Å². The van der Waals surface area contributed by atoms with Gasteiger partial charge in [0.25, 0.3) is 0 Å². The Morgan fingerprint density at radius 2 is 1.84 bits per heavy atom. The molecule has 2 aromatic carbocycles. The quantitative estimate of drug-likeness (QED) is 0.377. The maximum Gasteiger partial charge on any atom is 0.320 e. The number of anilines is 2. The summed E-state index contributed by atoms with van der Waals surface area (Å²) in [6.07, 6.45) is 1.68. The second-order valence-electron chi connectivity index (χ2n) is 9.19. The molecule has 198 valence electrons. The van der Waals surface area contributed by atoms with E-state index in [2.05, 4.69) is 20.8 Å². The summed E-state index contributed by atoms with van der Waals surface area (Å²) in [7, 11) is 1.82. The highest BCUT2D eigenvalue weighted by Gasteiger charge is 2.37. The zero-order valence-corrected chi connectivity index (χ0v) is 21.4. The summed E-state index contributed by atoms with van der Waals surface area (Å²) in [6, 6.07) is 13.8. The molecule has 0 aliphatic carbocycles. The molecule has 4 aromatic rings. The Balaban J connectivity index is 1.42. The molecule has 5 rings (SSSR count). The van der Waals surface area contributed by atoms with Crippen LogP contribution in [0.3, 0.4) is 0 Å². The molecule has 2 unspecified atom stereocenters. The summed E-state index contributed by atoms with van der Waals surface area (Å²) in [6.45, 7) is 4.99. The number of rotatable bonds is 7. The molecule has 2 amide bonds. The van der Waals surface area contributed by atoms with Gasteiger partial charge in [-0.3, -0.25) is 10.00 Å². The van der Waals surface area contributed by atoms with Crippen molar-refractivity contribution in [3.63, 3.8) is 0 Å². The number of nitrogens with one attached hydrogen (secondary N) is 2. The minimum Gasteiger partial charge on any atom is -0.477 e. The Kier molecular flexibility index (Phi) is 6.99. The highest BCUT2D eigenvalue weighted by molar-refractivity contribution is 5.90. The van der Waals surface area contributed by atoms with E-state index in [4.69, 9.17) is 4.74 Å². The van der Waals surface area contributed by atoms with E-state index in [1.165, 1.54) is 12.1 Å². The minimum absolute atomic E-state index is 0.361. The van der Waals surface area contributed by atoms with E-state index in [0.29, 0.717) is 42.5 Å². The van der Waals surface area contributed by atoms with Crippen molar-refractivity contribution < 1.29 is 18.3 Å². The van der Waals surface area contributed by atoms with E-state index in [1.54, 1.807) is 15.6 Å². The van der Waals surface area contributed by atoms with Crippen LogP contribution in [0.1, 0.15) is 24.0 Å². The van der Waals surface area contributed by atoms with Crippen LogP contribution in [-0.4, -0.2) is 51.3 Å². The van der Waals surface area contributed by atoms with Gasteiger partial charge in [0.05, 0.1) is 30.1 Å². The molecule has 2 atom stereocenters. The highest BCUT2D eigenvalue weighted by Crippen LogP contribution is 2.33. The monoisotopic (exact) mass is 521 g/mol. The number of hydrogen-bond acceptors (Lipinski definition) is 5. The number of aryl methyl sites for hydroxylation is 1. The molecule has 0 spiro atoms. The number of hydrogen-bond donors (Lipinski definition) is 2. The van der Waals surface area contributed by atoms with E-state index < -0.39 is 23.7 Å². The summed E-state index contributed by atoms with van der Waals surface area (Å²) in [5, 5.41) is 14.7. The second-order valence-corrected chi connectivity index (χ2v) is 9.19. The summed E-state index contributed by atoms with van der Waals surface area (Å²) in [5.74, 6) is 0.0481. The van der Waals surface area contributed by atoms with E-state index in [1.807, 2.05) is 62.2 Å². The average molecular weight is 522 g/mol. The lowest BCUT2D eigenvalue weighted by atomic mass is 9.94. The third-order valence-corrected chi connectivity index (χ3v) is 6.66. The first-order valence-electron chi connectivity index (χ1n) is 12.4. The Morgan fingerprint density at radius 3 is 2.50 bits per heavy atom. The second kappa shape index (κ2) is 10.5. The largest absolute Gasteiger partial charge is 0.477 e. The zero-order chi connectivity index (χ0) is 26.8. The van der Waals surface area contributed by atoms with Crippen molar-refractivity contribution in [1.82, 2.24) is 24.9 Å². The van der Waals surface area contributed by atoms with Crippen molar-refractivity contribution in [3.05, 3.63) is 83.6 Å². The average Bonchev–Trinajstić information content (AvgIpc) is 3.58. The van der Waals surface area contributed by atoms with Crippen LogP contribution < -0.4 is 20.3 Å². The molecular formula is C27H29F2N7O2. The number of carbonyl (C=O) groups excluding carboxylic acids is 1. The van der Waals surface area contributed by atoms with Crippen LogP contribution in [0.2, 0.25) is 0 Å². The van der Waals surface area contributed by atoms with Crippen LogP contribution in [0.25, 0.3) is 5.69 Å². The highest BCUT2D eigenvalue weighted by atomic mass is 19.1. The van der Waals surface area contributed by atoms with Gasteiger partial charge in [0.1, 0.15) is 23.3 Å². The predicted octanol–water partition coefficient (Wildman–Crippen LogP) is 4.39. The number of amides is 2. The minimum atomic E-state index is -0.659. The number of benzene rings is 2. The third kappa shape index (κ3) is 5.04. The van der Waals surface area contributed by atoms with Gasteiger partial charge < -0.3 is 15.0 Å². The third-order valence-electron chi connectivity index (χ3n) is 6.66. The van der Waals surface area contributed by atoms with Crippen LogP contribution in [0.4, 0.5) is 25.2 Å². The molecule has 2 aromatic heterocycles. The number of para-hydroxylation sites is 1. The molecule has 0 bridgehead atoms. The smallest absolute Gasteiger partial charge is 0.320 e. The lowest BCUT2D eigenvalue weighted by molar-refractivity contribution is 0.248. The molecular weight excluding hydrogens is 492 g/mol. The van der Waals surface area contributed by atoms with Gasteiger partial charge >= 0.3 is 6.03 Å². The molecule has 1 aliphatic heterocycles. The van der Waals surface area contributed by atoms with Gasteiger partial charge in [0, 0.05) is 38.2 Å². The molecule has 1 aliphatic rings. The lowest BCUT2D eigenvalue weighted by Gasteiger charge is -2.21. The number of aromatic nitrogens is 4. The predicted molar refractivity (Wildman–Crippen MR) is 140 cm³/mol. The van der Waals surface area contributed by atoms with E-state index in [9.17, 15) is 13.6 Å². The Labute approximate surface area is 219 Å². The molecule has 11 heteroatoms. The first kappa shape index (κ1) is 25.2. The summed E-state index contributed by atoms with van der Waals surface area (Å²) < 4.78 is 37.3. The van der Waals surface area contributed by atoms with Gasteiger partial charge in [-0.2, -0.15) is 5.10 Å². The SMILES string of the molecule is CCOc1nn(-c2ccccc2)c(NC(=O)NC2CN(c3ccnn3C)CC2c2cc(F)cc(F)c2)c1C. The Hall–Kier alpha value is -4.41. The lowest BCUT2D eigenvalue weighted by Crippen LogP contribution is -2.42. The molecule has 9 nitrogen and oxygen atoms in total. The number of ether oxygens (including phenoxy) is 1. The standard InChI is InChI=1S/C27H29F2N7O2/c1-4-38-26-17(2)25(36(33-26)21-8-6-5-7-9-21)32-27(37)31-23-16-35(24-10-11-30-34(24)3)15-22(23)18-12-19(28)14-20(29)13-18/h5-14,22-23H,4,15-16H2,1-3H3,(H2,31,32,37). The van der Waals surface area contributed by atoms with Gasteiger partial charge in [0.15, 0.2) is 0 Å². The van der Waals surface area contributed by atoms with E-state index in [-0.39, 0.29) is 5.92 Å². The van der Waals surface area contributed by atoms with Crippen LogP contribution in [-0.2, 0) is 7.05 Å². The summed E-state index contributed by atoms with van der Waals surface area (Å²) >= 11 is 0. The number of urea groups is 1. The molecule has 2 N–H and O–H groups in total. The van der Waals surface area contributed by atoms with Gasteiger partial charge in [0.2, 0.25) is 5.88 Å². The molecule has 0 radical (unpaired) electrons. The fraction of sp³-hybridized carbons (Fsp3) is 0.296. The number of halogens is 2. The summed E-state index contributed by atoms with van der Waals surface area (Å²) in [5.41, 5.74) is 1.91. The van der Waals surface area contributed by atoms with Crippen molar-refractivity contribution in [2.45, 2.75) is 25.8 Å². The maximum atomic E-state index is 14.1. The van der Waals surface area contributed by atoms with Gasteiger partial charge in [-0.15, -0.1) is 5.10 Å². The first-order valence-corrected chi connectivity index (χ1v) is 12.4. The van der Waals surface area contributed by atoms with Crippen molar-refractivity contribution in [2.75, 3.05) is 29.9 Å². The Morgan fingerprint density at radius 1 is 1.11 bits per heavy atom. The van der Waals surface area contributed by atoms with Crippen LogP contribution >= 0.6 is 0 Å². The molecule has 38 heavy (non-hydrogen) atoms. The molecule has 0 saturated carbocycles. The molecule has 1 fully saturated rings. The summed E-state index contributed by atoms with van der Waals surface area (Å²) in [4.78, 5) is 15.4. The van der Waals surface area contributed by atoms with E-state index in [0.717, 1.165) is 17.6 Å². The van der Waals surface area contributed by atoms with Gasteiger partial charge in [-0.25, -0.2) is 18.3 Å². The number of carbonyl (C=O) groups is 1. The van der Waals surface area contributed by atoms with Crippen molar-refractivity contribution >= 4 is 17.7 Å².